The summed E-state index contributed by atoms with van der Waals surface area (Å²) in [6, 6.07) is 14.1. The number of carbonyl (C=O) groups excluding carboxylic acids is 1. The van der Waals surface area contributed by atoms with Crippen molar-refractivity contribution >= 4 is 22.7 Å². The van der Waals surface area contributed by atoms with E-state index in [1.165, 1.54) is 0 Å². The van der Waals surface area contributed by atoms with Crippen LogP contribution in [0.1, 0.15) is 5.56 Å². The quantitative estimate of drug-likeness (QED) is 0.774. The number of aromatic nitrogens is 1. The molecule has 106 valence electrons. The van der Waals surface area contributed by atoms with Gasteiger partial charge < -0.3 is 9.26 Å². The zero-order valence-corrected chi connectivity index (χ0v) is 11.0. The molecule has 0 fully saturated rings. The van der Waals surface area contributed by atoms with Gasteiger partial charge in [0.15, 0.2) is 5.58 Å². The summed E-state index contributed by atoms with van der Waals surface area (Å²) >= 11 is 0. The Morgan fingerprint density at radius 2 is 2.00 bits per heavy atom. The highest BCUT2D eigenvalue weighted by Gasteiger charge is 2.07. The molecule has 6 nitrogen and oxygen atoms in total. The maximum Gasteiger partial charge on any atom is 0.411 e. The van der Waals surface area contributed by atoms with E-state index in [0.29, 0.717) is 16.7 Å². The van der Waals surface area contributed by atoms with Crippen LogP contribution in [0, 0.1) is 0 Å². The maximum atomic E-state index is 11.7. The first-order valence-corrected chi connectivity index (χ1v) is 6.31. The van der Waals surface area contributed by atoms with E-state index < -0.39 is 6.09 Å². The third kappa shape index (κ3) is 2.94. The van der Waals surface area contributed by atoms with Crippen molar-refractivity contribution in [2.24, 2.45) is 0 Å². The SMILES string of the molecule is O=C(Nc1ccc2c(=O)[nH]oc2c1)OCc1ccccc1. The van der Waals surface area contributed by atoms with Gasteiger partial charge in [-0.3, -0.25) is 10.1 Å². The molecule has 0 aliphatic rings. The Kier molecular flexibility index (Phi) is 3.42. The Balaban J connectivity index is 1.64. The second-order valence-corrected chi connectivity index (χ2v) is 4.43. The van der Waals surface area contributed by atoms with E-state index in [1.54, 1.807) is 18.2 Å². The lowest BCUT2D eigenvalue weighted by molar-refractivity contribution is 0.155. The number of benzene rings is 2. The molecular formula is C15H12N2O4. The third-order valence-corrected chi connectivity index (χ3v) is 2.94. The number of nitrogens with one attached hydrogen (secondary N) is 2. The number of amides is 1. The minimum atomic E-state index is -0.573. The molecule has 1 aromatic heterocycles. The number of anilines is 1. The molecule has 0 radical (unpaired) electrons. The van der Waals surface area contributed by atoms with Crippen LogP contribution in [0.15, 0.2) is 57.8 Å². The lowest BCUT2D eigenvalue weighted by atomic mass is 10.2. The molecule has 21 heavy (non-hydrogen) atoms. The molecule has 2 N–H and O–H groups in total. The van der Waals surface area contributed by atoms with Crippen LogP contribution >= 0.6 is 0 Å². The van der Waals surface area contributed by atoms with Crippen molar-refractivity contribution in [3.8, 4) is 0 Å². The van der Waals surface area contributed by atoms with Gasteiger partial charge in [-0.1, -0.05) is 30.3 Å². The average Bonchev–Trinajstić information content (AvgIpc) is 2.87. The van der Waals surface area contributed by atoms with Crippen LogP contribution in [0.2, 0.25) is 0 Å². The van der Waals surface area contributed by atoms with Gasteiger partial charge in [-0.15, -0.1) is 0 Å². The van der Waals surface area contributed by atoms with Gasteiger partial charge in [-0.25, -0.2) is 4.79 Å². The fourth-order valence-corrected chi connectivity index (χ4v) is 1.91. The van der Waals surface area contributed by atoms with E-state index >= 15 is 0 Å². The van der Waals surface area contributed by atoms with E-state index in [0.717, 1.165) is 5.56 Å². The minimum Gasteiger partial charge on any atom is -0.444 e. The second kappa shape index (κ2) is 5.54. The second-order valence-electron chi connectivity index (χ2n) is 4.43. The monoisotopic (exact) mass is 284 g/mol. The van der Waals surface area contributed by atoms with Crippen molar-refractivity contribution in [1.29, 1.82) is 0 Å². The van der Waals surface area contributed by atoms with Crippen molar-refractivity contribution in [2.45, 2.75) is 6.61 Å². The summed E-state index contributed by atoms with van der Waals surface area (Å²) in [5.41, 5.74) is 1.46. The first-order chi connectivity index (χ1) is 10.2. The molecule has 1 heterocycles. The van der Waals surface area contributed by atoms with Crippen molar-refractivity contribution in [2.75, 3.05) is 5.32 Å². The Morgan fingerprint density at radius 3 is 2.81 bits per heavy atom. The van der Waals surface area contributed by atoms with Crippen molar-refractivity contribution < 1.29 is 14.1 Å². The molecule has 0 spiro atoms. The summed E-state index contributed by atoms with van der Waals surface area (Å²) in [5.74, 6) is 0. The molecule has 3 aromatic rings. The van der Waals surface area contributed by atoms with Crippen LogP contribution in [0.25, 0.3) is 11.0 Å². The summed E-state index contributed by atoms with van der Waals surface area (Å²) in [6.45, 7) is 0.189. The smallest absolute Gasteiger partial charge is 0.411 e. The van der Waals surface area contributed by atoms with Gasteiger partial charge in [-0.05, 0) is 17.7 Å². The van der Waals surface area contributed by atoms with Gasteiger partial charge in [0, 0.05) is 11.8 Å². The van der Waals surface area contributed by atoms with Crippen molar-refractivity contribution in [3.63, 3.8) is 0 Å². The van der Waals surface area contributed by atoms with Gasteiger partial charge in [-0.2, -0.15) is 5.16 Å². The predicted octanol–water partition coefficient (Wildman–Crippen LogP) is 2.87. The number of fused-ring (bicyclic) bond motifs is 1. The van der Waals surface area contributed by atoms with E-state index in [9.17, 15) is 9.59 Å². The minimum absolute atomic E-state index is 0.189. The number of rotatable bonds is 3. The van der Waals surface area contributed by atoms with Gasteiger partial charge >= 0.3 is 6.09 Å². The number of H-pyrrole nitrogens is 1. The molecule has 6 heteroatoms. The molecule has 0 unspecified atom stereocenters. The lowest BCUT2D eigenvalue weighted by Gasteiger charge is -2.06. The number of hydrogen-bond donors (Lipinski definition) is 2. The van der Waals surface area contributed by atoms with Crippen LogP contribution in [-0.2, 0) is 11.3 Å². The largest absolute Gasteiger partial charge is 0.444 e. The van der Waals surface area contributed by atoms with Gasteiger partial charge in [0.2, 0.25) is 0 Å². The lowest BCUT2D eigenvalue weighted by Crippen LogP contribution is -2.13. The standard InChI is InChI=1S/C15H12N2O4/c18-14-12-7-6-11(8-13(12)21-17-14)16-15(19)20-9-10-4-2-1-3-5-10/h1-8H,9H2,(H,16,19)(H,17,18). The highest BCUT2D eigenvalue weighted by atomic mass is 16.5. The van der Waals surface area contributed by atoms with E-state index in [-0.39, 0.29) is 12.2 Å². The van der Waals surface area contributed by atoms with E-state index in [1.807, 2.05) is 30.3 Å². The molecule has 0 aliphatic carbocycles. The van der Waals surface area contributed by atoms with Crippen molar-refractivity contribution in [1.82, 2.24) is 5.16 Å². The maximum absolute atomic E-state index is 11.7. The molecule has 3 rings (SSSR count). The van der Waals surface area contributed by atoms with Crippen LogP contribution in [-0.4, -0.2) is 11.2 Å². The fourth-order valence-electron chi connectivity index (χ4n) is 1.91. The molecule has 0 atom stereocenters. The van der Waals surface area contributed by atoms with Gasteiger partial charge in [0.1, 0.15) is 6.61 Å². The molecule has 1 amide bonds. The fraction of sp³-hybridized carbons (Fsp3) is 0.0667. The first kappa shape index (κ1) is 13.0. The molecule has 0 saturated heterocycles. The van der Waals surface area contributed by atoms with E-state index in [2.05, 4.69) is 10.5 Å². The molecule has 0 saturated carbocycles. The third-order valence-electron chi connectivity index (χ3n) is 2.94. The highest BCUT2D eigenvalue weighted by molar-refractivity contribution is 5.88. The van der Waals surface area contributed by atoms with Crippen molar-refractivity contribution in [3.05, 3.63) is 64.4 Å². The topological polar surface area (TPSA) is 84.3 Å². The Bertz CT molecular complexity index is 820. The predicted molar refractivity (Wildman–Crippen MR) is 77.1 cm³/mol. The molecule has 0 bridgehead atoms. The van der Waals surface area contributed by atoms with Gasteiger partial charge in [0.25, 0.3) is 5.56 Å². The van der Waals surface area contributed by atoms with Crippen LogP contribution in [0.4, 0.5) is 10.5 Å². The number of hydrogen-bond acceptors (Lipinski definition) is 4. The molecule has 2 aromatic carbocycles. The summed E-state index contributed by atoms with van der Waals surface area (Å²) in [4.78, 5) is 23.0. The van der Waals surface area contributed by atoms with E-state index in [4.69, 9.17) is 9.26 Å². The molecular weight excluding hydrogens is 272 g/mol. The van der Waals surface area contributed by atoms with Crippen LogP contribution in [0.5, 0.6) is 0 Å². The zero-order valence-electron chi connectivity index (χ0n) is 11.0. The first-order valence-electron chi connectivity index (χ1n) is 6.31. The summed E-state index contributed by atoms with van der Waals surface area (Å²) in [7, 11) is 0. The average molecular weight is 284 g/mol. The summed E-state index contributed by atoms with van der Waals surface area (Å²) in [5, 5.41) is 5.23. The normalized spacial score (nSPS) is 10.5. The number of carbonyl (C=O) groups is 1. The van der Waals surface area contributed by atoms with Crippen LogP contribution in [0.3, 0.4) is 0 Å². The zero-order chi connectivity index (χ0) is 14.7. The summed E-state index contributed by atoms with van der Waals surface area (Å²) < 4.78 is 10.1. The summed E-state index contributed by atoms with van der Waals surface area (Å²) in [6.07, 6.45) is -0.573. The highest BCUT2D eigenvalue weighted by Crippen LogP contribution is 2.16. The van der Waals surface area contributed by atoms with Gasteiger partial charge in [0.05, 0.1) is 5.39 Å². The number of aromatic amines is 1. The Morgan fingerprint density at radius 1 is 1.19 bits per heavy atom. The Hall–Kier alpha value is -3.02. The Labute approximate surface area is 119 Å². The molecule has 0 aliphatic heterocycles. The van der Waals surface area contributed by atoms with Crippen LogP contribution < -0.4 is 10.9 Å². The number of ether oxygens (including phenoxy) is 1.